The van der Waals surface area contributed by atoms with Gasteiger partial charge in [0.2, 0.25) is 0 Å². The van der Waals surface area contributed by atoms with Gasteiger partial charge in [-0.05, 0) is 46.3 Å². The fourth-order valence-corrected chi connectivity index (χ4v) is 2.08. The molecule has 0 radical (unpaired) electrons. The molecule has 0 aliphatic heterocycles. The van der Waals surface area contributed by atoms with Crippen LogP contribution in [0, 0.1) is 0 Å². The summed E-state index contributed by atoms with van der Waals surface area (Å²) in [6.07, 6.45) is 0. The first-order valence-electron chi connectivity index (χ1n) is 5.31. The van der Waals surface area contributed by atoms with E-state index in [4.69, 9.17) is 27.3 Å². The molecular formula is C13H10BrClN2O2. The summed E-state index contributed by atoms with van der Waals surface area (Å²) in [5, 5.41) is 12.1. The summed E-state index contributed by atoms with van der Waals surface area (Å²) in [5.74, 6) is 1.17. The molecule has 0 unspecified atom stereocenters. The Morgan fingerprint density at radius 3 is 2.58 bits per heavy atom. The van der Waals surface area contributed by atoms with Gasteiger partial charge in [-0.15, -0.1) is 0 Å². The Bertz CT molecular complexity index is 632. The number of rotatable bonds is 3. The minimum Gasteiger partial charge on any atom is -0.455 e. The number of amidine groups is 1. The van der Waals surface area contributed by atoms with Gasteiger partial charge in [0.25, 0.3) is 0 Å². The lowest BCUT2D eigenvalue weighted by Gasteiger charge is -2.10. The minimum absolute atomic E-state index is 0.0324. The molecule has 0 fully saturated rings. The second kappa shape index (κ2) is 5.95. The normalized spacial score (nSPS) is 11.4. The molecule has 0 bridgehead atoms. The van der Waals surface area contributed by atoms with Gasteiger partial charge in [0, 0.05) is 5.56 Å². The van der Waals surface area contributed by atoms with Crippen molar-refractivity contribution in [3.63, 3.8) is 0 Å². The number of hydrogen-bond donors (Lipinski definition) is 2. The number of nitrogens with zero attached hydrogens (tertiary/aromatic N) is 1. The number of ether oxygens (including phenoxy) is 1. The van der Waals surface area contributed by atoms with E-state index in [9.17, 15) is 0 Å². The number of nitrogens with two attached hydrogens (primary N) is 1. The number of para-hydroxylation sites is 1. The summed E-state index contributed by atoms with van der Waals surface area (Å²) < 4.78 is 6.36. The van der Waals surface area contributed by atoms with Crippen molar-refractivity contribution in [1.82, 2.24) is 0 Å². The second-order valence-electron chi connectivity index (χ2n) is 3.66. The summed E-state index contributed by atoms with van der Waals surface area (Å²) in [6, 6.07) is 12.3. The Labute approximate surface area is 123 Å². The smallest absolute Gasteiger partial charge is 0.170 e. The zero-order valence-corrected chi connectivity index (χ0v) is 12.0. The van der Waals surface area contributed by atoms with E-state index in [2.05, 4.69) is 21.1 Å². The highest BCUT2D eigenvalue weighted by atomic mass is 79.9. The lowest BCUT2D eigenvalue weighted by atomic mass is 10.2. The van der Waals surface area contributed by atoms with Crippen LogP contribution in [-0.4, -0.2) is 11.0 Å². The third-order valence-corrected chi connectivity index (χ3v) is 3.32. The summed E-state index contributed by atoms with van der Waals surface area (Å²) in [6.45, 7) is 0. The third kappa shape index (κ3) is 3.19. The Kier molecular flexibility index (Phi) is 4.29. The van der Waals surface area contributed by atoms with E-state index < -0.39 is 0 Å². The van der Waals surface area contributed by atoms with Crippen LogP contribution in [0.2, 0.25) is 5.02 Å². The number of oxime groups is 1. The van der Waals surface area contributed by atoms with E-state index in [0.29, 0.717) is 26.6 Å². The van der Waals surface area contributed by atoms with Crippen LogP contribution in [0.1, 0.15) is 5.56 Å². The Balaban J connectivity index is 2.30. The van der Waals surface area contributed by atoms with Crippen molar-refractivity contribution >= 4 is 33.4 Å². The molecule has 19 heavy (non-hydrogen) atoms. The van der Waals surface area contributed by atoms with Crippen LogP contribution < -0.4 is 10.5 Å². The number of hydrogen-bond acceptors (Lipinski definition) is 3. The minimum atomic E-state index is 0.0324. The Morgan fingerprint density at radius 1 is 1.21 bits per heavy atom. The molecule has 0 saturated carbocycles. The van der Waals surface area contributed by atoms with Crippen LogP contribution in [0.5, 0.6) is 11.5 Å². The van der Waals surface area contributed by atoms with Crippen LogP contribution in [-0.2, 0) is 0 Å². The van der Waals surface area contributed by atoms with Crippen LogP contribution in [0.4, 0.5) is 0 Å². The van der Waals surface area contributed by atoms with Crippen molar-refractivity contribution < 1.29 is 9.94 Å². The molecule has 0 saturated heterocycles. The topological polar surface area (TPSA) is 67.8 Å². The highest BCUT2D eigenvalue weighted by molar-refractivity contribution is 9.10. The zero-order valence-electron chi connectivity index (χ0n) is 9.68. The van der Waals surface area contributed by atoms with Gasteiger partial charge in [-0.3, -0.25) is 0 Å². The van der Waals surface area contributed by atoms with Gasteiger partial charge < -0.3 is 15.7 Å². The first-order valence-corrected chi connectivity index (χ1v) is 6.48. The largest absolute Gasteiger partial charge is 0.455 e. The van der Waals surface area contributed by atoms with Crippen molar-refractivity contribution in [3.05, 3.63) is 57.5 Å². The molecule has 0 heterocycles. The molecule has 2 aromatic rings. The average Bonchev–Trinajstić information content (AvgIpc) is 2.42. The van der Waals surface area contributed by atoms with Crippen molar-refractivity contribution in [2.45, 2.75) is 0 Å². The highest BCUT2D eigenvalue weighted by Crippen LogP contribution is 2.33. The van der Waals surface area contributed by atoms with Gasteiger partial charge in [0.15, 0.2) is 5.84 Å². The first-order chi connectivity index (χ1) is 9.11. The standard InChI is InChI=1S/C13H10BrClN2O2/c14-9-7-8(13(16)17-18)5-6-11(9)19-12-4-2-1-3-10(12)15/h1-7,18H,(H2,16,17). The summed E-state index contributed by atoms with van der Waals surface area (Å²) in [5.41, 5.74) is 6.09. The monoisotopic (exact) mass is 340 g/mol. The lowest BCUT2D eigenvalue weighted by molar-refractivity contribution is 0.318. The van der Waals surface area contributed by atoms with Crippen LogP contribution in [0.25, 0.3) is 0 Å². The molecule has 0 aliphatic rings. The van der Waals surface area contributed by atoms with Gasteiger partial charge in [0.1, 0.15) is 11.5 Å². The maximum absolute atomic E-state index is 8.62. The molecule has 4 nitrogen and oxygen atoms in total. The molecule has 0 aliphatic carbocycles. The van der Waals surface area contributed by atoms with Gasteiger partial charge >= 0.3 is 0 Å². The quantitative estimate of drug-likeness (QED) is 0.384. The van der Waals surface area contributed by atoms with Crippen molar-refractivity contribution in [1.29, 1.82) is 0 Å². The lowest BCUT2D eigenvalue weighted by Crippen LogP contribution is -2.12. The molecule has 98 valence electrons. The second-order valence-corrected chi connectivity index (χ2v) is 4.92. The fraction of sp³-hybridized carbons (Fsp3) is 0. The molecule has 0 aromatic heterocycles. The molecular weight excluding hydrogens is 332 g/mol. The maximum atomic E-state index is 8.62. The van der Waals surface area contributed by atoms with Crippen LogP contribution in [0.15, 0.2) is 52.1 Å². The molecule has 3 N–H and O–H groups in total. The van der Waals surface area contributed by atoms with Gasteiger partial charge in [0.05, 0.1) is 9.50 Å². The highest BCUT2D eigenvalue weighted by Gasteiger charge is 2.08. The van der Waals surface area contributed by atoms with Crippen LogP contribution in [0.3, 0.4) is 0 Å². The molecule has 0 spiro atoms. The molecule has 0 atom stereocenters. The maximum Gasteiger partial charge on any atom is 0.170 e. The summed E-state index contributed by atoms with van der Waals surface area (Å²) >= 11 is 9.38. The third-order valence-electron chi connectivity index (χ3n) is 2.39. The Hall–Kier alpha value is -1.72. The Morgan fingerprint density at radius 2 is 1.95 bits per heavy atom. The van der Waals surface area contributed by atoms with Crippen molar-refractivity contribution in [2.24, 2.45) is 10.9 Å². The fourth-order valence-electron chi connectivity index (χ4n) is 1.45. The van der Waals surface area contributed by atoms with Gasteiger partial charge in [-0.2, -0.15) is 0 Å². The SMILES string of the molecule is N/C(=N/O)c1ccc(Oc2ccccc2Cl)c(Br)c1. The predicted molar refractivity (Wildman–Crippen MR) is 78.2 cm³/mol. The first kappa shape index (κ1) is 13.7. The zero-order chi connectivity index (χ0) is 13.8. The van der Waals surface area contributed by atoms with E-state index in [1.165, 1.54) is 0 Å². The van der Waals surface area contributed by atoms with Crippen LogP contribution >= 0.6 is 27.5 Å². The molecule has 2 rings (SSSR count). The average molecular weight is 342 g/mol. The van der Waals surface area contributed by atoms with E-state index in [-0.39, 0.29) is 5.84 Å². The summed E-state index contributed by atoms with van der Waals surface area (Å²) in [7, 11) is 0. The molecule has 6 heteroatoms. The molecule has 2 aromatic carbocycles. The van der Waals surface area contributed by atoms with E-state index in [1.54, 1.807) is 30.3 Å². The van der Waals surface area contributed by atoms with Crippen molar-refractivity contribution in [3.8, 4) is 11.5 Å². The van der Waals surface area contributed by atoms with E-state index >= 15 is 0 Å². The number of benzene rings is 2. The number of halogens is 2. The van der Waals surface area contributed by atoms with E-state index in [0.717, 1.165) is 0 Å². The summed E-state index contributed by atoms with van der Waals surface area (Å²) in [4.78, 5) is 0. The predicted octanol–water partition coefficient (Wildman–Crippen LogP) is 3.99. The van der Waals surface area contributed by atoms with Crippen molar-refractivity contribution in [2.75, 3.05) is 0 Å². The van der Waals surface area contributed by atoms with E-state index in [1.807, 2.05) is 12.1 Å². The van der Waals surface area contributed by atoms with Gasteiger partial charge in [-0.25, -0.2) is 0 Å². The molecule has 0 amide bonds. The van der Waals surface area contributed by atoms with Gasteiger partial charge in [-0.1, -0.05) is 28.9 Å².